The lowest BCUT2D eigenvalue weighted by atomic mass is 9.98. The van der Waals surface area contributed by atoms with Crippen molar-refractivity contribution in [3.05, 3.63) is 64.2 Å². The molecule has 0 spiro atoms. The minimum atomic E-state index is -0.541. The Hall–Kier alpha value is -1.69. The van der Waals surface area contributed by atoms with Gasteiger partial charge in [0.1, 0.15) is 5.82 Å². The molecule has 1 unspecified atom stereocenters. The Kier molecular flexibility index (Phi) is 5.12. The number of nitrogens with one attached hydrogen (secondary N) is 1. The van der Waals surface area contributed by atoms with Crippen molar-refractivity contribution >= 4 is 11.6 Å². The number of benzene rings is 2. The van der Waals surface area contributed by atoms with Gasteiger partial charge >= 0.3 is 0 Å². The van der Waals surface area contributed by atoms with Crippen LogP contribution in [0.2, 0.25) is 5.02 Å². The molecule has 0 aliphatic heterocycles. The summed E-state index contributed by atoms with van der Waals surface area (Å²) in [6.45, 7) is 0. The smallest absolute Gasteiger partial charge is 0.168 e. The molecular weight excluding hydrogens is 298 g/mol. The van der Waals surface area contributed by atoms with E-state index in [-0.39, 0.29) is 17.2 Å². The summed E-state index contributed by atoms with van der Waals surface area (Å²) in [5.41, 5.74) is 3.42. The third-order valence-corrected chi connectivity index (χ3v) is 3.64. The molecule has 2 aromatic rings. The Balaban J connectivity index is 2.34. The lowest BCUT2D eigenvalue weighted by molar-refractivity contribution is 0.382. The standard InChI is InChI=1S/C15H15ClF2N2O/c1-21-13-7-2-4-9(15(13)18)8-12(20-19)10-5-3-6-11(17)14(10)16/h2-7,12,20H,8,19H2,1H3. The molecule has 6 heteroatoms. The molecule has 0 aromatic heterocycles. The zero-order chi connectivity index (χ0) is 15.4. The summed E-state index contributed by atoms with van der Waals surface area (Å²) in [5, 5.41) is -0.0243. The molecule has 0 bridgehead atoms. The van der Waals surface area contributed by atoms with Gasteiger partial charge in [-0.3, -0.25) is 11.3 Å². The SMILES string of the molecule is COc1cccc(CC(NN)c2cccc(F)c2Cl)c1F. The maximum Gasteiger partial charge on any atom is 0.168 e. The zero-order valence-electron chi connectivity index (χ0n) is 11.4. The van der Waals surface area contributed by atoms with E-state index in [1.807, 2.05) is 0 Å². The Morgan fingerprint density at radius 3 is 2.62 bits per heavy atom. The highest BCUT2D eigenvalue weighted by Crippen LogP contribution is 2.29. The number of hydrazine groups is 1. The van der Waals surface area contributed by atoms with E-state index in [0.717, 1.165) is 0 Å². The van der Waals surface area contributed by atoms with Gasteiger partial charge in [0.2, 0.25) is 0 Å². The summed E-state index contributed by atoms with van der Waals surface area (Å²) in [7, 11) is 1.39. The lowest BCUT2D eigenvalue weighted by Crippen LogP contribution is -2.30. The van der Waals surface area contributed by atoms with Crippen molar-refractivity contribution in [1.82, 2.24) is 5.43 Å². The molecule has 0 heterocycles. The van der Waals surface area contributed by atoms with Crippen LogP contribution in [0.3, 0.4) is 0 Å². The highest BCUT2D eigenvalue weighted by atomic mass is 35.5. The number of hydrogen-bond acceptors (Lipinski definition) is 3. The van der Waals surface area contributed by atoms with Crippen LogP contribution in [0.1, 0.15) is 17.2 Å². The monoisotopic (exact) mass is 312 g/mol. The van der Waals surface area contributed by atoms with E-state index < -0.39 is 17.7 Å². The molecule has 2 aromatic carbocycles. The predicted molar refractivity (Wildman–Crippen MR) is 78.1 cm³/mol. The minimum absolute atomic E-state index is 0.0243. The average Bonchev–Trinajstić information content (AvgIpc) is 2.49. The van der Waals surface area contributed by atoms with Crippen LogP contribution in [-0.2, 0) is 6.42 Å². The van der Waals surface area contributed by atoms with Crippen molar-refractivity contribution in [1.29, 1.82) is 0 Å². The molecular formula is C15H15ClF2N2O. The predicted octanol–water partition coefficient (Wildman–Crippen LogP) is 3.37. The van der Waals surface area contributed by atoms with Gasteiger partial charge in [-0.15, -0.1) is 0 Å². The van der Waals surface area contributed by atoms with Crippen molar-refractivity contribution in [3.63, 3.8) is 0 Å². The number of hydrogen-bond donors (Lipinski definition) is 2. The van der Waals surface area contributed by atoms with Gasteiger partial charge in [-0.2, -0.15) is 0 Å². The lowest BCUT2D eigenvalue weighted by Gasteiger charge is -2.19. The van der Waals surface area contributed by atoms with E-state index in [1.54, 1.807) is 18.2 Å². The second-order valence-corrected chi connectivity index (χ2v) is 4.88. The summed E-state index contributed by atoms with van der Waals surface area (Å²) in [4.78, 5) is 0. The molecule has 0 fully saturated rings. The van der Waals surface area contributed by atoms with Crippen LogP contribution in [0.4, 0.5) is 8.78 Å². The van der Waals surface area contributed by atoms with E-state index >= 15 is 0 Å². The van der Waals surface area contributed by atoms with E-state index in [0.29, 0.717) is 11.1 Å². The molecule has 3 nitrogen and oxygen atoms in total. The van der Waals surface area contributed by atoms with Crippen LogP contribution in [0.15, 0.2) is 36.4 Å². The molecule has 2 rings (SSSR count). The first kappa shape index (κ1) is 15.7. The van der Waals surface area contributed by atoms with E-state index in [4.69, 9.17) is 22.2 Å². The number of methoxy groups -OCH3 is 1. The van der Waals surface area contributed by atoms with Gasteiger partial charge in [0.25, 0.3) is 0 Å². The fourth-order valence-corrected chi connectivity index (χ4v) is 2.40. The van der Waals surface area contributed by atoms with Crippen molar-refractivity contribution in [2.75, 3.05) is 7.11 Å². The van der Waals surface area contributed by atoms with Gasteiger partial charge in [0.15, 0.2) is 11.6 Å². The van der Waals surface area contributed by atoms with Gasteiger partial charge in [0.05, 0.1) is 18.2 Å². The number of ether oxygens (including phenoxy) is 1. The Labute approximate surface area is 126 Å². The summed E-state index contributed by atoms with van der Waals surface area (Å²) in [6.07, 6.45) is 0.211. The molecule has 112 valence electrons. The summed E-state index contributed by atoms with van der Waals surface area (Å²) in [5.74, 6) is 4.65. The molecule has 0 saturated heterocycles. The maximum atomic E-state index is 14.2. The summed E-state index contributed by atoms with van der Waals surface area (Å²) < 4.78 is 32.6. The van der Waals surface area contributed by atoms with Crippen molar-refractivity contribution in [3.8, 4) is 5.75 Å². The van der Waals surface area contributed by atoms with Crippen LogP contribution in [-0.4, -0.2) is 7.11 Å². The Bertz CT molecular complexity index is 637. The minimum Gasteiger partial charge on any atom is -0.494 e. The first-order chi connectivity index (χ1) is 10.1. The molecule has 1 atom stereocenters. The number of halogens is 3. The molecule has 0 aliphatic carbocycles. The Morgan fingerprint density at radius 2 is 1.95 bits per heavy atom. The summed E-state index contributed by atoms with van der Waals surface area (Å²) in [6, 6.07) is 8.74. The van der Waals surface area contributed by atoms with Gasteiger partial charge in [-0.05, 0) is 29.7 Å². The Morgan fingerprint density at radius 1 is 1.24 bits per heavy atom. The van der Waals surface area contributed by atoms with Crippen LogP contribution in [0.25, 0.3) is 0 Å². The van der Waals surface area contributed by atoms with Gasteiger partial charge < -0.3 is 4.74 Å². The van der Waals surface area contributed by atoms with E-state index in [2.05, 4.69) is 5.43 Å². The fraction of sp³-hybridized carbons (Fsp3) is 0.200. The molecule has 0 aliphatic rings. The van der Waals surface area contributed by atoms with Crippen LogP contribution < -0.4 is 16.0 Å². The molecule has 0 radical (unpaired) electrons. The quantitative estimate of drug-likeness (QED) is 0.657. The van der Waals surface area contributed by atoms with Crippen LogP contribution >= 0.6 is 11.6 Å². The van der Waals surface area contributed by atoms with Crippen LogP contribution in [0.5, 0.6) is 5.75 Å². The van der Waals surface area contributed by atoms with Crippen molar-refractivity contribution in [2.24, 2.45) is 5.84 Å². The average molecular weight is 313 g/mol. The fourth-order valence-electron chi connectivity index (χ4n) is 2.14. The highest BCUT2D eigenvalue weighted by Gasteiger charge is 2.19. The third kappa shape index (κ3) is 3.32. The maximum absolute atomic E-state index is 14.2. The molecule has 3 N–H and O–H groups in total. The van der Waals surface area contributed by atoms with Gasteiger partial charge in [-0.1, -0.05) is 35.9 Å². The molecule has 0 amide bonds. The first-order valence-corrected chi connectivity index (χ1v) is 6.67. The highest BCUT2D eigenvalue weighted by molar-refractivity contribution is 6.31. The zero-order valence-corrected chi connectivity index (χ0v) is 12.1. The first-order valence-electron chi connectivity index (χ1n) is 6.30. The third-order valence-electron chi connectivity index (χ3n) is 3.25. The van der Waals surface area contributed by atoms with Gasteiger partial charge in [0, 0.05) is 0 Å². The van der Waals surface area contributed by atoms with Crippen molar-refractivity contribution < 1.29 is 13.5 Å². The second-order valence-electron chi connectivity index (χ2n) is 4.50. The molecule has 21 heavy (non-hydrogen) atoms. The normalized spacial score (nSPS) is 12.2. The topological polar surface area (TPSA) is 47.3 Å². The van der Waals surface area contributed by atoms with E-state index in [1.165, 1.54) is 25.3 Å². The van der Waals surface area contributed by atoms with E-state index in [9.17, 15) is 8.78 Å². The molecule has 0 saturated carbocycles. The van der Waals surface area contributed by atoms with Crippen LogP contribution in [0, 0.1) is 11.6 Å². The summed E-state index contributed by atoms with van der Waals surface area (Å²) >= 11 is 5.94. The largest absolute Gasteiger partial charge is 0.494 e. The van der Waals surface area contributed by atoms with Crippen molar-refractivity contribution in [2.45, 2.75) is 12.5 Å². The number of rotatable bonds is 5. The van der Waals surface area contributed by atoms with Gasteiger partial charge in [-0.25, -0.2) is 8.78 Å². The number of nitrogens with two attached hydrogens (primary N) is 1. The second kappa shape index (κ2) is 6.85.